The maximum atomic E-state index is 13.3. The van der Waals surface area contributed by atoms with Crippen LogP contribution in [0, 0.1) is 12.3 Å². The van der Waals surface area contributed by atoms with Gasteiger partial charge in [0.2, 0.25) is 15.9 Å². The van der Waals surface area contributed by atoms with Gasteiger partial charge in [-0.2, -0.15) is 4.31 Å². The van der Waals surface area contributed by atoms with Crippen LogP contribution in [0.15, 0.2) is 53.7 Å². The molecule has 1 amide bonds. The Hall–Kier alpha value is -2.25. The summed E-state index contributed by atoms with van der Waals surface area (Å²) in [4.78, 5) is 19.6. The van der Waals surface area contributed by atoms with Gasteiger partial charge in [-0.25, -0.2) is 8.42 Å². The Bertz CT molecular complexity index is 960. The summed E-state index contributed by atoms with van der Waals surface area (Å²) in [6.45, 7) is 3.83. The Morgan fingerprint density at radius 2 is 1.89 bits per heavy atom. The number of pyridine rings is 1. The van der Waals surface area contributed by atoms with E-state index in [1.54, 1.807) is 36.7 Å². The molecule has 2 saturated heterocycles. The number of hydrogen-bond donors (Lipinski definition) is 0. The van der Waals surface area contributed by atoms with Gasteiger partial charge in [0.05, 0.1) is 10.3 Å². The monoisotopic (exact) mass is 399 g/mol. The Morgan fingerprint density at radius 1 is 1.11 bits per heavy atom. The maximum Gasteiger partial charge on any atom is 0.243 e. The second kappa shape index (κ2) is 7.29. The highest BCUT2D eigenvalue weighted by Crippen LogP contribution is 2.42. The smallest absolute Gasteiger partial charge is 0.243 e. The summed E-state index contributed by atoms with van der Waals surface area (Å²) in [5.74, 6) is 0.0733. The number of benzene rings is 1. The first-order valence-electron chi connectivity index (χ1n) is 9.66. The lowest BCUT2D eigenvalue weighted by atomic mass is 9.78. The predicted molar refractivity (Wildman–Crippen MR) is 106 cm³/mol. The molecule has 1 spiro atoms. The van der Waals surface area contributed by atoms with Gasteiger partial charge in [-0.3, -0.25) is 9.78 Å². The van der Waals surface area contributed by atoms with Crippen LogP contribution in [0.2, 0.25) is 0 Å². The SMILES string of the molecule is Cc1ccc(S(=O)(=O)N2CC[C@@]3(CCCN(Cc4cccnc4)C3=O)C2)cc1. The molecule has 0 aliphatic carbocycles. The van der Waals surface area contributed by atoms with Crippen LogP contribution in [0.4, 0.5) is 0 Å². The van der Waals surface area contributed by atoms with E-state index in [2.05, 4.69) is 4.98 Å². The number of sulfonamides is 1. The Balaban J connectivity index is 1.53. The van der Waals surface area contributed by atoms with E-state index < -0.39 is 15.4 Å². The fourth-order valence-electron chi connectivity index (χ4n) is 4.29. The largest absolute Gasteiger partial charge is 0.338 e. The summed E-state index contributed by atoms with van der Waals surface area (Å²) < 4.78 is 27.6. The van der Waals surface area contributed by atoms with Crippen LogP contribution in [0.25, 0.3) is 0 Å². The van der Waals surface area contributed by atoms with Gasteiger partial charge in [0.15, 0.2) is 0 Å². The zero-order valence-corrected chi connectivity index (χ0v) is 16.9. The Morgan fingerprint density at radius 3 is 2.61 bits per heavy atom. The first kappa shape index (κ1) is 19.1. The molecule has 6 nitrogen and oxygen atoms in total. The van der Waals surface area contributed by atoms with Crippen molar-refractivity contribution in [1.29, 1.82) is 0 Å². The van der Waals surface area contributed by atoms with Crippen LogP contribution in [-0.2, 0) is 21.4 Å². The summed E-state index contributed by atoms with van der Waals surface area (Å²) in [5.41, 5.74) is 1.42. The van der Waals surface area contributed by atoms with Gasteiger partial charge in [-0.15, -0.1) is 0 Å². The van der Waals surface area contributed by atoms with Crippen LogP contribution in [0.5, 0.6) is 0 Å². The molecule has 148 valence electrons. The highest BCUT2D eigenvalue weighted by Gasteiger charge is 2.50. The molecule has 0 radical (unpaired) electrons. The van der Waals surface area contributed by atoms with Crippen molar-refractivity contribution >= 4 is 15.9 Å². The molecule has 0 N–H and O–H groups in total. The van der Waals surface area contributed by atoms with E-state index in [-0.39, 0.29) is 12.5 Å². The van der Waals surface area contributed by atoms with Crippen LogP contribution in [0.3, 0.4) is 0 Å². The lowest BCUT2D eigenvalue weighted by molar-refractivity contribution is -0.146. The highest BCUT2D eigenvalue weighted by molar-refractivity contribution is 7.89. The number of aryl methyl sites for hydroxylation is 1. The van der Waals surface area contributed by atoms with Gasteiger partial charge in [-0.05, 0) is 49.9 Å². The van der Waals surface area contributed by atoms with E-state index in [9.17, 15) is 13.2 Å². The standard InChI is InChI=1S/C21H25N3O3S/c1-17-5-7-19(8-6-17)28(26,27)24-13-10-21(16-24)9-3-12-23(20(21)25)15-18-4-2-11-22-14-18/h2,4-8,11,14H,3,9-10,12-13,15-16H2,1H3/t21-/m0/s1. The van der Waals surface area contributed by atoms with E-state index >= 15 is 0 Å². The van der Waals surface area contributed by atoms with Gasteiger partial charge < -0.3 is 4.90 Å². The zero-order valence-electron chi connectivity index (χ0n) is 16.0. The van der Waals surface area contributed by atoms with Crippen molar-refractivity contribution in [3.8, 4) is 0 Å². The van der Waals surface area contributed by atoms with E-state index in [1.165, 1.54) is 4.31 Å². The molecule has 4 rings (SSSR count). The fraction of sp³-hybridized carbons (Fsp3) is 0.429. The number of piperidine rings is 1. The number of rotatable bonds is 4. The van der Waals surface area contributed by atoms with Gasteiger partial charge >= 0.3 is 0 Å². The number of aromatic nitrogens is 1. The van der Waals surface area contributed by atoms with E-state index in [1.807, 2.05) is 24.0 Å². The second-order valence-corrected chi connectivity index (χ2v) is 9.81. The minimum absolute atomic E-state index is 0.0733. The summed E-state index contributed by atoms with van der Waals surface area (Å²) in [6.07, 6.45) is 5.71. The van der Waals surface area contributed by atoms with Crippen molar-refractivity contribution in [2.75, 3.05) is 19.6 Å². The van der Waals surface area contributed by atoms with Crippen molar-refractivity contribution in [3.05, 3.63) is 59.9 Å². The van der Waals surface area contributed by atoms with Crippen molar-refractivity contribution < 1.29 is 13.2 Å². The molecule has 2 aliphatic heterocycles. The van der Waals surface area contributed by atoms with Crippen molar-refractivity contribution in [1.82, 2.24) is 14.2 Å². The molecule has 1 aromatic carbocycles. The maximum absolute atomic E-state index is 13.3. The topological polar surface area (TPSA) is 70.6 Å². The molecule has 1 aromatic heterocycles. The Kier molecular flexibility index (Phi) is 4.97. The number of hydrogen-bond acceptors (Lipinski definition) is 4. The van der Waals surface area contributed by atoms with Gasteiger partial charge in [0.25, 0.3) is 0 Å². The minimum atomic E-state index is -3.58. The molecule has 7 heteroatoms. The summed E-state index contributed by atoms with van der Waals surface area (Å²) >= 11 is 0. The first-order chi connectivity index (χ1) is 13.4. The third kappa shape index (κ3) is 3.44. The van der Waals surface area contributed by atoms with E-state index in [0.717, 1.165) is 24.0 Å². The lowest BCUT2D eigenvalue weighted by Gasteiger charge is -2.39. The van der Waals surface area contributed by atoms with E-state index in [4.69, 9.17) is 0 Å². The molecular weight excluding hydrogens is 374 g/mol. The summed E-state index contributed by atoms with van der Waals surface area (Å²) in [6, 6.07) is 10.7. The quantitative estimate of drug-likeness (QED) is 0.792. The lowest BCUT2D eigenvalue weighted by Crippen LogP contribution is -2.50. The fourth-order valence-corrected chi connectivity index (χ4v) is 5.82. The number of carbonyl (C=O) groups is 1. The van der Waals surface area contributed by atoms with Crippen LogP contribution >= 0.6 is 0 Å². The van der Waals surface area contributed by atoms with E-state index in [0.29, 0.717) is 31.0 Å². The third-order valence-electron chi connectivity index (χ3n) is 5.90. The molecule has 2 aliphatic rings. The van der Waals surface area contributed by atoms with Gasteiger partial charge in [-0.1, -0.05) is 23.8 Å². The second-order valence-electron chi connectivity index (χ2n) is 7.87. The zero-order chi connectivity index (χ0) is 19.8. The molecule has 0 unspecified atom stereocenters. The highest BCUT2D eigenvalue weighted by atomic mass is 32.2. The number of nitrogens with zero attached hydrogens (tertiary/aromatic N) is 3. The van der Waals surface area contributed by atoms with Crippen LogP contribution in [-0.4, -0.2) is 48.1 Å². The molecule has 2 aromatic rings. The third-order valence-corrected chi connectivity index (χ3v) is 7.76. The molecule has 28 heavy (non-hydrogen) atoms. The van der Waals surface area contributed by atoms with Crippen LogP contribution < -0.4 is 0 Å². The Labute approximate surface area is 166 Å². The number of carbonyl (C=O) groups excluding carboxylic acids is 1. The van der Waals surface area contributed by atoms with Crippen LogP contribution in [0.1, 0.15) is 30.4 Å². The average Bonchev–Trinajstić information content (AvgIpc) is 3.13. The van der Waals surface area contributed by atoms with Crippen molar-refractivity contribution in [2.24, 2.45) is 5.41 Å². The molecule has 0 bridgehead atoms. The molecule has 0 saturated carbocycles. The summed E-state index contributed by atoms with van der Waals surface area (Å²) in [5, 5.41) is 0. The predicted octanol–water partition coefficient (Wildman–Crippen LogP) is 2.59. The minimum Gasteiger partial charge on any atom is -0.338 e. The first-order valence-corrected chi connectivity index (χ1v) is 11.1. The normalized spacial score (nSPS) is 23.5. The summed E-state index contributed by atoms with van der Waals surface area (Å²) in [7, 11) is -3.58. The van der Waals surface area contributed by atoms with Crippen molar-refractivity contribution in [3.63, 3.8) is 0 Å². The van der Waals surface area contributed by atoms with Crippen molar-refractivity contribution in [2.45, 2.75) is 37.6 Å². The average molecular weight is 400 g/mol. The molecule has 3 heterocycles. The molecule has 1 atom stereocenters. The van der Waals surface area contributed by atoms with Gasteiger partial charge in [0, 0.05) is 38.6 Å². The molecular formula is C21H25N3O3S. The van der Waals surface area contributed by atoms with Gasteiger partial charge in [0.1, 0.15) is 0 Å². The number of likely N-dealkylation sites (tertiary alicyclic amines) is 1. The number of amides is 1. The molecule has 2 fully saturated rings.